The van der Waals surface area contributed by atoms with Crippen LogP contribution in [0.1, 0.15) is 16.5 Å². The molecule has 2 rings (SSSR count). The summed E-state index contributed by atoms with van der Waals surface area (Å²) in [7, 11) is -3.37. The second kappa shape index (κ2) is 5.76. The van der Waals surface area contributed by atoms with Gasteiger partial charge in [0.05, 0.1) is 16.0 Å². The lowest BCUT2D eigenvalue weighted by molar-refractivity contribution is 0.594. The second-order valence-electron chi connectivity index (χ2n) is 4.43. The molecule has 0 saturated heterocycles. The molecule has 2 aromatic carbocycles. The van der Waals surface area contributed by atoms with Gasteiger partial charge in [0.25, 0.3) is 0 Å². The molecular formula is C15H15ClO2S. The van der Waals surface area contributed by atoms with Crippen LogP contribution in [0.3, 0.4) is 0 Å². The molecule has 100 valence electrons. The molecule has 4 heteroatoms. The molecule has 1 atom stereocenters. The topological polar surface area (TPSA) is 34.1 Å². The lowest BCUT2D eigenvalue weighted by atomic mass is 10.2. The van der Waals surface area contributed by atoms with E-state index in [1.165, 1.54) is 0 Å². The van der Waals surface area contributed by atoms with Crippen molar-refractivity contribution in [3.05, 3.63) is 65.7 Å². The first-order valence-corrected chi connectivity index (χ1v) is 8.07. The van der Waals surface area contributed by atoms with E-state index in [1.807, 2.05) is 36.4 Å². The second-order valence-corrected chi connectivity index (χ2v) is 6.95. The number of benzene rings is 2. The molecule has 0 fully saturated rings. The van der Waals surface area contributed by atoms with Gasteiger partial charge in [-0.2, -0.15) is 0 Å². The Balaban J connectivity index is 2.26. The van der Waals surface area contributed by atoms with Crippen molar-refractivity contribution in [3.8, 4) is 0 Å². The summed E-state index contributed by atoms with van der Waals surface area (Å²) < 4.78 is 24.7. The zero-order valence-electron chi connectivity index (χ0n) is 10.6. The Morgan fingerprint density at radius 3 is 2.21 bits per heavy atom. The highest BCUT2D eigenvalue weighted by molar-refractivity contribution is 7.91. The monoisotopic (exact) mass is 294 g/mol. The average molecular weight is 295 g/mol. The van der Waals surface area contributed by atoms with Gasteiger partial charge in [-0.15, -0.1) is 11.6 Å². The van der Waals surface area contributed by atoms with Crippen LogP contribution in [0.5, 0.6) is 0 Å². The van der Waals surface area contributed by atoms with E-state index in [0.717, 1.165) is 11.1 Å². The van der Waals surface area contributed by atoms with Crippen molar-refractivity contribution >= 4 is 21.4 Å². The quantitative estimate of drug-likeness (QED) is 0.805. The molecule has 0 bridgehead atoms. The van der Waals surface area contributed by atoms with Crippen LogP contribution >= 0.6 is 11.6 Å². The number of sulfone groups is 1. The fourth-order valence-corrected chi connectivity index (χ4v) is 4.19. The fourth-order valence-electron chi connectivity index (χ4n) is 1.95. The number of alkyl halides is 1. The number of aryl methyl sites for hydroxylation is 1. The minimum Gasteiger partial charge on any atom is -0.224 e. The molecular weight excluding hydrogens is 280 g/mol. The third kappa shape index (κ3) is 3.37. The Kier molecular flexibility index (Phi) is 4.27. The highest BCUT2D eigenvalue weighted by atomic mass is 35.5. The Bertz CT molecular complexity index is 651. The summed E-state index contributed by atoms with van der Waals surface area (Å²) in [4.78, 5) is 0.358. The normalized spacial score (nSPS) is 13.2. The van der Waals surface area contributed by atoms with Gasteiger partial charge in [0.1, 0.15) is 0 Å². The van der Waals surface area contributed by atoms with Crippen LogP contribution in [0.2, 0.25) is 0 Å². The van der Waals surface area contributed by atoms with Gasteiger partial charge in [-0.25, -0.2) is 8.42 Å². The molecule has 0 spiro atoms. The molecule has 2 aromatic rings. The van der Waals surface area contributed by atoms with Crippen molar-refractivity contribution in [2.75, 3.05) is 5.75 Å². The third-order valence-electron chi connectivity index (χ3n) is 2.96. The maximum absolute atomic E-state index is 12.4. The van der Waals surface area contributed by atoms with Crippen molar-refractivity contribution in [1.29, 1.82) is 0 Å². The number of hydrogen-bond acceptors (Lipinski definition) is 2. The van der Waals surface area contributed by atoms with E-state index in [9.17, 15) is 8.42 Å². The Labute approximate surface area is 119 Å². The van der Waals surface area contributed by atoms with E-state index in [0.29, 0.717) is 4.90 Å². The summed E-state index contributed by atoms with van der Waals surface area (Å²) in [6, 6.07) is 16.2. The van der Waals surface area contributed by atoms with Gasteiger partial charge >= 0.3 is 0 Å². The highest BCUT2D eigenvalue weighted by Crippen LogP contribution is 2.26. The zero-order valence-corrected chi connectivity index (χ0v) is 12.2. The maximum Gasteiger partial charge on any atom is 0.180 e. The molecule has 0 aliphatic rings. The van der Waals surface area contributed by atoms with Crippen LogP contribution in [0, 0.1) is 6.92 Å². The largest absolute Gasteiger partial charge is 0.224 e. The molecule has 0 aliphatic carbocycles. The first-order chi connectivity index (χ1) is 9.00. The molecule has 2 nitrogen and oxygen atoms in total. The predicted octanol–water partition coefficient (Wildman–Crippen LogP) is 3.75. The van der Waals surface area contributed by atoms with Gasteiger partial charge in [-0.05, 0) is 24.1 Å². The Morgan fingerprint density at radius 2 is 1.58 bits per heavy atom. The summed E-state index contributed by atoms with van der Waals surface area (Å²) in [6.07, 6.45) is 0. The van der Waals surface area contributed by atoms with Crippen molar-refractivity contribution in [1.82, 2.24) is 0 Å². The number of rotatable bonds is 4. The van der Waals surface area contributed by atoms with Crippen molar-refractivity contribution < 1.29 is 8.42 Å². The third-order valence-corrected chi connectivity index (χ3v) is 5.45. The highest BCUT2D eigenvalue weighted by Gasteiger charge is 2.22. The lowest BCUT2D eigenvalue weighted by Gasteiger charge is -2.12. The van der Waals surface area contributed by atoms with Gasteiger partial charge in [0.15, 0.2) is 9.84 Å². The molecule has 0 aliphatic heterocycles. The van der Waals surface area contributed by atoms with E-state index >= 15 is 0 Å². The van der Waals surface area contributed by atoms with Crippen molar-refractivity contribution in [2.45, 2.75) is 17.2 Å². The van der Waals surface area contributed by atoms with Crippen molar-refractivity contribution in [3.63, 3.8) is 0 Å². The molecule has 0 saturated carbocycles. The van der Waals surface area contributed by atoms with Gasteiger partial charge < -0.3 is 0 Å². The SMILES string of the molecule is Cc1ccccc1S(=O)(=O)C[C@@H](Cl)c1ccccc1. The van der Waals surface area contributed by atoms with E-state index in [-0.39, 0.29) is 5.75 Å². The first-order valence-electron chi connectivity index (χ1n) is 5.98. The zero-order chi connectivity index (χ0) is 13.9. The summed E-state index contributed by atoms with van der Waals surface area (Å²) in [5.41, 5.74) is 1.57. The van der Waals surface area contributed by atoms with Gasteiger partial charge in [0.2, 0.25) is 0 Å². The summed E-state index contributed by atoms with van der Waals surface area (Å²) in [6.45, 7) is 1.79. The smallest absolute Gasteiger partial charge is 0.180 e. The molecule has 0 unspecified atom stereocenters. The van der Waals surface area contributed by atoms with Gasteiger partial charge in [0, 0.05) is 0 Å². The fraction of sp³-hybridized carbons (Fsp3) is 0.200. The summed E-state index contributed by atoms with van der Waals surface area (Å²) in [5, 5.41) is -0.536. The molecule has 0 heterocycles. The molecule has 0 N–H and O–H groups in total. The van der Waals surface area contributed by atoms with Crippen LogP contribution < -0.4 is 0 Å². The minimum atomic E-state index is -3.37. The van der Waals surface area contributed by atoms with Crippen LogP contribution in [0.4, 0.5) is 0 Å². The van der Waals surface area contributed by atoms with Gasteiger partial charge in [-0.3, -0.25) is 0 Å². The Morgan fingerprint density at radius 1 is 1.00 bits per heavy atom. The molecule has 0 amide bonds. The van der Waals surface area contributed by atoms with Crippen molar-refractivity contribution in [2.24, 2.45) is 0 Å². The lowest BCUT2D eigenvalue weighted by Crippen LogP contribution is -2.12. The van der Waals surface area contributed by atoms with Crippen LogP contribution in [-0.4, -0.2) is 14.2 Å². The molecule has 0 radical (unpaired) electrons. The van der Waals surface area contributed by atoms with Crippen LogP contribution in [-0.2, 0) is 9.84 Å². The van der Waals surface area contributed by atoms with E-state index in [2.05, 4.69) is 0 Å². The number of hydrogen-bond donors (Lipinski definition) is 0. The van der Waals surface area contributed by atoms with Gasteiger partial charge in [-0.1, -0.05) is 48.5 Å². The van der Waals surface area contributed by atoms with E-state index in [4.69, 9.17) is 11.6 Å². The summed E-state index contributed by atoms with van der Waals surface area (Å²) >= 11 is 6.21. The van der Waals surface area contributed by atoms with E-state index in [1.54, 1.807) is 25.1 Å². The van der Waals surface area contributed by atoms with E-state index < -0.39 is 15.2 Å². The number of halogens is 1. The Hall–Kier alpha value is -1.32. The maximum atomic E-state index is 12.4. The molecule has 0 aromatic heterocycles. The average Bonchev–Trinajstić information content (AvgIpc) is 2.39. The van der Waals surface area contributed by atoms with Crippen LogP contribution in [0.25, 0.3) is 0 Å². The minimum absolute atomic E-state index is 0.0938. The predicted molar refractivity (Wildman–Crippen MR) is 78.3 cm³/mol. The summed E-state index contributed by atoms with van der Waals surface area (Å²) in [5.74, 6) is -0.0938. The van der Waals surface area contributed by atoms with Crippen LogP contribution in [0.15, 0.2) is 59.5 Å². The first kappa shape index (κ1) is 14.1. The molecule has 19 heavy (non-hydrogen) atoms. The standard InChI is InChI=1S/C15H15ClO2S/c1-12-7-5-6-10-15(12)19(17,18)11-14(16)13-8-3-2-4-9-13/h2-10,14H,11H2,1H3/t14-/m1/s1.